The molecule has 7 N–H and O–H groups in total. The van der Waals surface area contributed by atoms with E-state index in [4.69, 9.17) is 26.4 Å². The van der Waals surface area contributed by atoms with Crippen LogP contribution in [0.25, 0.3) is 0 Å². The van der Waals surface area contributed by atoms with E-state index in [1.54, 1.807) is 24.3 Å². The first-order valence-corrected chi connectivity index (χ1v) is 22.1. The Hall–Kier alpha value is -3.83. The first-order chi connectivity index (χ1) is 29.5. The predicted molar refractivity (Wildman–Crippen MR) is 229 cm³/mol. The fourth-order valence-corrected chi connectivity index (χ4v) is 8.39. The van der Waals surface area contributed by atoms with E-state index in [1.165, 1.54) is 12.2 Å². The number of unbranched alkanes of at least 4 members (excludes halogenated alkanes) is 1. The number of ether oxygens (including phenoxy) is 3. The smallest absolute Gasteiger partial charge is 0.550 e. The Balaban J connectivity index is 0.0000102. The molecule has 4 rings (SSSR count). The Labute approximate surface area is 393 Å². The number of carboxylic acid groups (broad SMARTS) is 1. The van der Waals surface area contributed by atoms with Crippen LogP contribution in [0, 0.1) is 0 Å². The third-order valence-electron chi connectivity index (χ3n) is 9.75. The van der Waals surface area contributed by atoms with E-state index in [0.29, 0.717) is 95.0 Å². The number of imide groups is 1. The van der Waals surface area contributed by atoms with Crippen LogP contribution in [-0.4, -0.2) is 140 Å². The molecule has 2 saturated heterocycles. The summed E-state index contributed by atoms with van der Waals surface area (Å²) >= 11 is 7.25. The van der Waals surface area contributed by atoms with Crippen LogP contribution in [0.1, 0.15) is 64.2 Å². The number of rotatable bonds is 30. The van der Waals surface area contributed by atoms with E-state index in [-0.39, 0.29) is 102 Å². The molecular formula is C40H57N8NaO11S2. The van der Waals surface area contributed by atoms with Crippen molar-refractivity contribution in [3.8, 4) is 0 Å². The van der Waals surface area contributed by atoms with Crippen LogP contribution < -0.4 is 71.9 Å². The SMILES string of the molecule is O=C([O-])CC[C@H](NC(=S)Nc1ccc(NC(=O)CCCC[C@@H]2SC[C@@H]3NC(=O)N[C@@H]32)cc1)C(=O)NCCCOCCOCCOCCCNC(=O)CCCN1C(=O)C=CC1=O.[Na+]. The predicted octanol–water partition coefficient (Wildman–Crippen LogP) is -2.69. The molecular weight excluding hydrogens is 856 g/mol. The number of thiocarbonyl (C=S) groups is 1. The Kier molecular flexibility index (Phi) is 25.0. The standard InChI is InChI=1S/C40H58N8O11S2.Na/c49-32(8-3-19-48-34(51)14-15-35(48)52)41-17-4-20-57-22-24-59-25-23-58-21-5-18-42-38(55)29(13-16-36(53)54)46-40(60)44-28-11-9-27(10-12-28)43-33(50)7-2-1-6-31-37-30(26-61-31)45-39(56)47-37;/h9-12,14-15,29-31,37H,1-8,13,16-26H2,(H,41,49)(H,42,55)(H,43,50)(H,53,54)(H2,44,46,60)(H2,45,47,56);/q;+1/p-1/t29-,30-,31-,37-;/m0./s1. The van der Waals surface area contributed by atoms with Gasteiger partial charge in [-0.3, -0.25) is 28.9 Å². The van der Waals surface area contributed by atoms with Gasteiger partial charge in [0.2, 0.25) is 17.7 Å². The molecule has 0 aromatic heterocycles. The van der Waals surface area contributed by atoms with Gasteiger partial charge >= 0.3 is 35.6 Å². The van der Waals surface area contributed by atoms with Gasteiger partial charge in [0, 0.05) is 86.2 Å². The number of aliphatic carboxylic acids is 1. The van der Waals surface area contributed by atoms with Crippen molar-refractivity contribution in [2.75, 3.05) is 75.7 Å². The average Bonchev–Trinajstić information content (AvgIpc) is 3.89. The van der Waals surface area contributed by atoms with Gasteiger partial charge < -0.3 is 61.3 Å². The van der Waals surface area contributed by atoms with Crippen LogP contribution in [0.5, 0.6) is 0 Å². The summed E-state index contributed by atoms with van der Waals surface area (Å²) in [6, 6.07) is 6.21. The van der Waals surface area contributed by atoms with Crippen molar-refractivity contribution < 1.29 is 82.4 Å². The van der Waals surface area contributed by atoms with Gasteiger partial charge in [0.1, 0.15) is 6.04 Å². The summed E-state index contributed by atoms with van der Waals surface area (Å²) < 4.78 is 16.5. The number of hydrogen-bond donors (Lipinski definition) is 7. The van der Waals surface area contributed by atoms with Gasteiger partial charge in [-0.1, -0.05) is 6.42 Å². The summed E-state index contributed by atoms with van der Waals surface area (Å²) in [6.45, 7) is 3.24. The Bertz CT molecular complexity index is 1680. The second-order valence-corrected chi connectivity index (χ2v) is 16.2. The van der Waals surface area contributed by atoms with Crippen LogP contribution >= 0.6 is 24.0 Å². The van der Waals surface area contributed by atoms with Crippen molar-refractivity contribution in [3.05, 3.63) is 36.4 Å². The van der Waals surface area contributed by atoms with Crippen molar-refractivity contribution in [2.45, 2.75) is 87.6 Å². The molecule has 0 spiro atoms. The quantitative estimate of drug-likeness (QED) is 0.0136. The third kappa shape index (κ3) is 20.1. The maximum absolute atomic E-state index is 12.9. The van der Waals surface area contributed by atoms with Crippen molar-refractivity contribution >= 4 is 82.0 Å². The van der Waals surface area contributed by atoms with Crippen molar-refractivity contribution in [1.29, 1.82) is 0 Å². The molecule has 0 aliphatic carbocycles. The second kappa shape index (κ2) is 29.5. The minimum absolute atomic E-state index is 0. The van der Waals surface area contributed by atoms with Crippen molar-refractivity contribution in [2.24, 2.45) is 0 Å². The normalized spacial score (nSPS) is 18.0. The van der Waals surface area contributed by atoms with Gasteiger partial charge in [-0.2, -0.15) is 11.8 Å². The summed E-state index contributed by atoms with van der Waals surface area (Å²) in [5.41, 5.74) is 1.22. The van der Waals surface area contributed by atoms with Crippen LogP contribution in [0.2, 0.25) is 0 Å². The minimum atomic E-state index is -1.29. The van der Waals surface area contributed by atoms with E-state index in [2.05, 4.69) is 37.2 Å². The molecule has 336 valence electrons. The third-order valence-corrected chi connectivity index (χ3v) is 11.5. The monoisotopic (exact) mass is 912 g/mol. The zero-order chi connectivity index (χ0) is 43.8. The molecule has 3 aliphatic heterocycles. The number of urea groups is 1. The molecule has 62 heavy (non-hydrogen) atoms. The van der Waals surface area contributed by atoms with Gasteiger partial charge in [0.25, 0.3) is 11.8 Å². The largest absolute Gasteiger partial charge is 1.00 e. The van der Waals surface area contributed by atoms with Gasteiger partial charge in [-0.15, -0.1) is 0 Å². The van der Waals surface area contributed by atoms with E-state index >= 15 is 0 Å². The summed E-state index contributed by atoms with van der Waals surface area (Å²) in [5.74, 6) is -1.76. The second-order valence-electron chi connectivity index (χ2n) is 14.5. The van der Waals surface area contributed by atoms with Crippen LogP contribution in [0.4, 0.5) is 16.2 Å². The fraction of sp³-hybridized carbons (Fsp3) is 0.600. The number of nitrogens with one attached hydrogen (secondary N) is 7. The first-order valence-electron chi connectivity index (χ1n) is 20.7. The molecule has 3 heterocycles. The number of fused-ring (bicyclic) bond motifs is 1. The van der Waals surface area contributed by atoms with Gasteiger partial charge in [0.05, 0.1) is 38.5 Å². The molecule has 22 heteroatoms. The summed E-state index contributed by atoms with van der Waals surface area (Å²) in [6.07, 6.45) is 6.74. The van der Waals surface area contributed by atoms with E-state index in [9.17, 15) is 38.7 Å². The van der Waals surface area contributed by atoms with E-state index in [1.807, 2.05) is 11.8 Å². The molecule has 0 saturated carbocycles. The Morgan fingerprint density at radius 1 is 0.774 bits per heavy atom. The number of anilines is 2. The number of thioether (sulfide) groups is 1. The number of carbonyl (C=O) groups is 7. The molecule has 1 aromatic rings. The number of hydrogen-bond acceptors (Lipinski definition) is 13. The number of carbonyl (C=O) groups excluding carboxylic acids is 7. The van der Waals surface area contributed by atoms with E-state index in [0.717, 1.165) is 29.9 Å². The molecule has 19 nitrogen and oxygen atoms in total. The van der Waals surface area contributed by atoms with Crippen molar-refractivity contribution in [3.63, 3.8) is 0 Å². The minimum Gasteiger partial charge on any atom is -0.550 e. The first kappa shape index (κ1) is 52.5. The van der Waals surface area contributed by atoms with Gasteiger partial charge in [-0.25, -0.2) is 4.79 Å². The molecule has 1 aromatic carbocycles. The zero-order valence-electron chi connectivity index (χ0n) is 35.2. The molecule has 3 aliphatic rings. The maximum Gasteiger partial charge on any atom is 1.00 e. The van der Waals surface area contributed by atoms with Crippen LogP contribution in [-0.2, 0) is 43.0 Å². The average molecular weight is 913 g/mol. The van der Waals surface area contributed by atoms with Crippen LogP contribution in [0.3, 0.4) is 0 Å². The molecule has 0 unspecified atom stereocenters. The maximum atomic E-state index is 12.9. The topological polar surface area (TPSA) is 258 Å². The number of carboxylic acids is 1. The summed E-state index contributed by atoms with van der Waals surface area (Å²) in [5, 5.41) is 31.9. The number of benzene rings is 1. The number of nitrogens with zero attached hydrogens (tertiary/aromatic N) is 1. The van der Waals surface area contributed by atoms with Crippen molar-refractivity contribution in [1.82, 2.24) is 31.5 Å². The van der Waals surface area contributed by atoms with E-state index < -0.39 is 17.9 Å². The molecule has 7 amide bonds. The Morgan fingerprint density at radius 3 is 2.02 bits per heavy atom. The molecule has 4 atom stereocenters. The summed E-state index contributed by atoms with van der Waals surface area (Å²) in [7, 11) is 0. The molecule has 0 radical (unpaired) electrons. The summed E-state index contributed by atoms with van der Waals surface area (Å²) in [4.78, 5) is 84.2. The Morgan fingerprint density at radius 2 is 1.37 bits per heavy atom. The van der Waals surface area contributed by atoms with Gasteiger partial charge in [0.15, 0.2) is 5.11 Å². The van der Waals surface area contributed by atoms with Gasteiger partial charge in [-0.05, 0) is 81.4 Å². The molecule has 0 bridgehead atoms. The van der Waals surface area contributed by atoms with Crippen LogP contribution in [0.15, 0.2) is 36.4 Å². The fourth-order valence-electron chi connectivity index (χ4n) is 6.58. The zero-order valence-corrected chi connectivity index (χ0v) is 38.8. The number of amides is 7. The molecule has 2 fully saturated rings.